The van der Waals surface area contributed by atoms with Gasteiger partial charge in [0.1, 0.15) is 5.75 Å². The molecule has 0 bridgehead atoms. The maximum absolute atomic E-state index is 6.07. The predicted molar refractivity (Wildman–Crippen MR) is 98.7 cm³/mol. The van der Waals surface area contributed by atoms with E-state index in [-0.39, 0.29) is 0 Å². The molecule has 24 heavy (non-hydrogen) atoms. The lowest BCUT2D eigenvalue weighted by Crippen LogP contribution is -2.40. The van der Waals surface area contributed by atoms with Gasteiger partial charge in [0.15, 0.2) is 5.79 Å². The molecule has 0 spiro atoms. The highest BCUT2D eigenvalue weighted by Gasteiger charge is 2.33. The number of hydrogen-bond donors (Lipinski definition) is 0. The molecular formula is C21H34O3. The van der Waals surface area contributed by atoms with Crippen molar-refractivity contribution in [1.29, 1.82) is 0 Å². The second-order valence-electron chi connectivity index (χ2n) is 7.03. The van der Waals surface area contributed by atoms with Gasteiger partial charge in [-0.2, -0.15) is 0 Å². The van der Waals surface area contributed by atoms with Crippen LogP contribution in [0.4, 0.5) is 0 Å². The summed E-state index contributed by atoms with van der Waals surface area (Å²) in [6.45, 7) is 8.76. The molecule has 1 aliphatic heterocycles. The second-order valence-corrected chi connectivity index (χ2v) is 7.03. The minimum Gasteiger partial charge on any atom is -0.494 e. The topological polar surface area (TPSA) is 27.7 Å². The van der Waals surface area contributed by atoms with E-state index in [9.17, 15) is 0 Å². The number of rotatable bonds is 10. The lowest BCUT2D eigenvalue weighted by molar-refractivity contribution is -0.266. The monoisotopic (exact) mass is 334 g/mol. The van der Waals surface area contributed by atoms with Crippen molar-refractivity contribution in [2.45, 2.75) is 77.4 Å². The molecule has 1 aromatic carbocycles. The third kappa shape index (κ3) is 6.10. The summed E-state index contributed by atoms with van der Waals surface area (Å²) in [5.74, 6) is 0.872. The Labute approximate surface area is 147 Å². The van der Waals surface area contributed by atoms with Gasteiger partial charge in [-0.3, -0.25) is 0 Å². The van der Waals surface area contributed by atoms with Gasteiger partial charge >= 0.3 is 0 Å². The fraction of sp³-hybridized carbons (Fsp3) is 0.714. The fourth-order valence-electron chi connectivity index (χ4n) is 3.02. The molecule has 0 saturated carbocycles. The van der Waals surface area contributed by atoms with Crippen molar-refractivity contribution in [3.05, 3.63) is 29.8 Å². The van der Waals surface area contributed by atoms with Crippen LogP contribution in [0.15, 0.2) is 24.3 Å². The van der Waals surface area contributed by atoms with Gasteiger partial charge in [0.25, 0.3) is 0 Å². The van der Waals surface area contributed by atoms with E-state index < -0.39 is 5.79 Å². The van der Waals surface area contributed by atoms with E-state index in [4.69, 9.17) is 14.2 Å². The minimum atomic E-state index is -0.395. The van der Waals surface area contributed by atoms with Gasteiger partial charge in [0, 0.05) is 12.3 Å². The molecule has 2 rings (SSSR count). The quantitative estimate of drug-likeness (QED) is 0.515. The summed E-state index contributed by atoms with van der Waals surface area (Å²) < 4.78 is 17.9. The molecule has 0 aliphatic carbocycles. The normalized spacial score (nSPS) is 24.0. The zero-order valence-corrected chi connectivity index (χ0v) is 15.7. The van der Waals surface area contributed by atoms with Gasteiger partial charge in [0.2, 0.25) is 0 Å². The summed E-state index contributed by atoms with van der Waals surface area (Å²) in [6.07, 6.45) is 8.25. The van der Waals surface area contributed by atoms with Gasteiger partial charge in [-0.25, -0.2) is 0 Å². The Balaban J connectivity index is 1.77. The highest BCUT2D eigenvalue weighted by Crippen LogP contribution is 2.31. The van der Waals surface area contributed by atoms with Crippen molar-refractivity contribution >= 4 is 0 Å². The number of unbranched alkanes of at least 4 members (excludes halogenated alkanes) is 4. The Hall–Kier alpha value is -1.06. The fourth-order valence-corrected chi connectivity index (χ4v) is 3.02. The molecule has 0 aromatic heterocycles. The van der Waals surface area contributed by atoms with E-state index in [1.54, 1.807) is 0 Å². The second kappa shape index (κ2) is 10.0. The number of ether oxygens (including phenoxy) is 3. The average Bonchev–Trinajstić information content (AvgIpc) is 2.61. The standard InChI is InChI=1S/C21H34O3/c1-4-6-8-9-14-21(3)23-16-19(17-24-21)18-10-12-20(13-11-18)22-15-7-5-2/h10-13,19H,4-9,14-17H2,1-3H3/t19-,21-. The molecular weight excluding hydrogens is 300 g/mol. The Bertz CT molecular complexity index is 447. The molecule has 0 unspecified atom stereocenters. The van der Waals surface area contributed by atoms with Crippen LogP contribution >= 0.6 is 0 Å². The lowest BCUT2D eigenvalue weighted by atomic mass is 9.98. The summed E-state index contributed by atoms with van der Waals surface area (Å²) in [5.41, 5.74) is 1.27. The Morgan fingerprint density at radius 3 is 2.25 bits per heavy atom. The Morgan fingerprint density at radius 1 is 0.958 bits per heavy atom. The van der Waals surface area contributed by atoms with E-state index in [1.165, 1.54) is 31.2 Å². The van der Waals surface area contributed by atoms with Crippen LogP contribution in [0.2, 0.25) is 0 Å². The largest absolute Gasteiger partial charge is 0.494 e. The first kappa shape index (κ1) is 19.3. The van der Waals surface area contributed by atoms with Crippen LogP contribution in [0.1, 0.15) is 77.2 Å². The molecule has 1 heterocycles. The average molecular weight is 335 g/mol. The van der Waals surface area contributed by atoms with E-state index in [2.05, 4.69) is 45.0 Å². The van der Waals surface area contributed by atoms with Crippen LogP contribution in [-0.2, 0) is 9.47 Å². The van der Waals surface area contributed by atoms with Crippen molar-refractivity contribution in [3.8, 4) is 5.75 Å². The van der Waals surface area contributed by atoms with Gasteiger partial charge in [-0.15, -0.1) is 0 Å². The molecule has 3 heteroatoms. The zero-order chi connectivity index (χ0) is 17.3. The Kier molecular flexibility index (Phi) is 8.07. The molecule has 1 saturated heterocycles. The molecule has 0 radical (unpaired) electrons. The van der Waals surface area contributed by atoms with Crippen LogP contribution in [0.3, 0.4) is 0 Å². The van der Waals surface area contributed by atoms with Gasteiger partial charge in [-0.1, -0.05) is 51.7 Å². The summed E-state index contributed by atoms with van der Waals surface area (Å²) in [6, 6.07) is 8.40. The van der Waals surface area contributed by atoms with Crippen molar-refractivity contribution in [2.75, 3.05) is 19.8 Å². The van der Waals surface area contributed by atoms with Crippen LogP contribution < -0.4 is 4.74 Å². The summed E-state index contributed by atoms with van der Waals surface area (Å²) in [7, 11) is 0. The summed E-state index contributed by atoms with van der Waals surface area (Å²) in [4.78, 5) is 0. The molecule has 1 fully saturated rings. The van der Waals surface area contributed by atoms with Crippen LogP contribution in [0.5, 0.6) is 5.75 Å². The summed E-state index contributed by atoms with van der Waals surface area (Å²) >= 11 is 0. The molecule has 0 atom stereocenters. The smallest absolute Gasteiger partial charge is 0.165 e. The highest BCUT2D eigenvalue weighted by molar-refractivity contribution is 5.29. The van der Waals surface area contributed by atoms with Crippen molar-refractivity contribution in [1.82, 2.24) is 0 Å². The SMILES string of the molecule is CCCCCC[C@]1(C)OC[C@@H](c2ccc(OCCCC)cc2)CO1. The third-order valence-corrected chi connectivity index (χ3v) is 4.78. The van der Waals surface area contributed by atoms with E-state index in [1.807, 2.05) is 0 Å². The molecule has 0 amide bonds. The molecule has 136 valence electrons. The molecule has 3 nitrogen and oxygen atoms in total. The van der Waals surface area contributed by atoms with Gasteiger partial charge < -0.3 is 14.2 Å². The Morgan fingerprint density at radius 2 is 1.62 bits per heavy atom. The van der Waals surface area contributed by atoms with E-state index >= 15 is 0 Å². The van der Waals surface area contributed by atoms with Crippen LogP contribution in [-0.4, -0.2) is 25.6 Å². The highest BCUT2D eigenvalue weighted by atomic mass is 16.7. The minimum absolute atomic E-state index is 0.318. The first-order valence-electron chi connectivity index (χ1n) is 9.67. The predicted octanol–water partition coefficient (Wildman–Crippen LogP) is 5.68. The third-order valence-electron chi connectivity index (χ3n) is 4.78. The number of hydrogen-bond acceptors (Lipinski definition) is 3. The van der Waals surface area contributed by atoms with Crippen LogP contribution in [0, 0.1) is 0 Å². The van der Waals surface area contributed by atoms with E-state index in [0.717, 1.165) is 44.8 Å². The maximum Gasteiger partial charge on any atom is 0.165 e. The molecule has 0 N–H and O–H groups in total. The van der Waals surface area contributed by atoms with Crippen LogP contribution in [0.25, 0.3) is 0 Å². The summed E-state index contributed by atoms with van der Waals surface area (Å²) in [5, 5.41) is 0. The first-order chi connectivity index (χ1) is 11.7. The molecule has 1 aliphatic rings. The van der Waals surface area contributed by atoms with Crippen molar-refractivity contribution in [3.63, 3.8) is 0 Å². The van der Waals surface area contributed by atoms with Gasteiger partial charge in [-0.05, 0) is 37.5 Å². The zero-order valence-electron chi connectivity index (χ0n) is 15.7. The number of benzene rings is 1. The van der Waals surface area contributed by atoms with E-state index in [0.29, 0.717) is 5.92 Å². The van der Waals surface area contributed by atoms with Crippen molar-refractivity contribution in [2.24, 2.45) is 0 Å². The molecule has 1 aromatic rings. The van der Waals surface area contributed by atoms with Crippen molar-refractivity contribution < 1.29 is 14.2 Å². The van der Waals surface area contributed by atoms with Gasteiger partial charge in [0.05, 0.1) is 19.8 Å². The first-order valence-corrected chi connectivity index (χ1v) is 9.67. The lowest BCUT2D eigenvalue weighted by Gasteiger charge is -2.38. The maximum atomic E-state index is 6.07.